The number of anilines is 1. The van der Waals surface area contributed by atoms with Gasteiger partial charge >= 0.3 is 12.0 Å². The first kappa shape index (κ1) is 40.9. The van der Waals surface area contributed by atoms with E-state index in [-0.39, 0.29) is 24.0 Å². The quantitative estimate of drug-likeness (QED) is 0.143. The number of ether oxygens (including phenoxy) is 1. The van der Waals surface area contributed by atoms with Gasteiger partial charge in [-0.1, -0.05) is 29.3 Å². The number of hydrogen-bond donors (Lipinski definition) is 1. The molecule has 0 radical (unpaired) electrons. The summed E-state index contributed by atoms with van der Waals surface area (Å²) in [6, 6.07) is 10.9. The zero-order valence-corrected chi connectivity index (χ0v) is 35.7. The summed E-state index contributed by atoms with van der Waals surface area (Å²) in [5, 5.41) is 17.1. The SMILES string of the molecule is Cc1cc(OCCCc2c3n(c4c(-c5c(C)nn(C)c5C)c(Cl)ccc24)CCCN(Cc2cc(C(=O)O)cc(N4CCN(C(=O)N(C)C)CC4)n2)C3=O)cc(C)c1Cl. The number of carbonyl (C=O) groups excluding carboxylic acids is 2. The Morgan fingerprint density at radius 1 is 0.931 bits per heavy atom. The molecule has 13 nitrogen and oxygen atoms in total. The molecule has 1 N–H and O–H groups in total. The average molecular weight is 830 g/mol. The zero-order chi connectivity index (χ0) is 41.6. The fourth-order valence-corrected chi connectivity index (χ4v) is 8.74. The highest BCUT2D eigenvalue weighted by Gasteiger charge is 2.33. The number of benzene rings is 2. The number of aromatic nitrogens is 4. The van der Waals surface area contributed by atoms with Crippen LogP contribution in [0.25, 0.3) is 22.0 Å². The standard InChI is InChI=1S/C43H50Cl2N8O5/c1-25-20-31(21-26(2)38(25)45)58-19-8-10-32-33-11-12-34(44)37(36-27(3)47-49(7)28(36)4)39(33)53-14-9-13-52(41(54)40(32)53)24-30-22-29(42(55)56)23-35(46-30)50-15-17-51(18-16-50)43(57)48(5)6/h11-12,20-23H,8-10,13-19,24H2,1-7H3,(H,55,56). The third-order valence-electron chi connectivity index (χ3n) is 11.3. The Kier molecular flexibility index (Phi) is 11.7. The normalized spacial score (nSPS) is 14.6. The molecule has 0 aliphatic carbocycles. The van der Waals surface area contributed by atoms with Crippen LogP contribution in [-0.4, -0.2) is 110 Å². The number of aromatic carboxylic acids is 1. The van der Waals surface area contributed by atoms with Crippen molar-refractivity contribution >= 4 is 57.8 Å². The van der Waals surface area contributed by atoms with Gasteiger partial charge in [0.05, 0.1) is 40.6 Å². The van der Waals surface area contributed by atoms with Gasteiger partial charge in [-0.05, 0) is 94.0 Å². The van der Waals surface area contributed by atoms with Crippen LogP contribution in [0.1, 0.15) is 67.5 Å². The van der Waals surface area contributed by atoms with Crippen LogP contribution >= 0.6 is 23.2 Å². The number of piperazine rings is 1. The number of rotatable bonds is 10. The van der Waals surface area contributed by atoms with Crippen molar-refractivity contribution < 1.29 is 24.2 Å². The topological polar surface area (TPSA) is 129 Å². The van der Waals surface area contributed by atoms with Gasteiger partial charge in [0.1, 0.15) is 17.3 Å². The Labute approximate surface area is 348 Å². The van der Waals surface area contributed by atoms with Crippen molar-refractivity contribution in [1.29, 1.82) is 0 Å². The number of pyridine rings is 1. The maximum atomic E-state index is 15.0. The lowest BCUT2D eigenvalue weighted by molar-refractivity contribution is 0.0696. The second kappa shape index (κ2) is 16.5. The fourth-order valence-electron chi connectivity index (χ4n) is 8.38. The number of urea groups is 1. The van der Waals surface area contributed by atoms with Crippen molar-refractivity contribution in [3.8, 4) is 16.9 Å². The van der Waals surface area contributed by atoms with Gasteiger partial charge in [0.25, 0.3) is 5.91 Å². The monoisotopic (exact) mass is 828 g/mol. The molecule has 2 aliphatic heterocycles. The Balaban J connectivity index is 1.25. The maximum absolute atomic E-state index is 15.0. The number of carbonyl (C=O) groups is 3. The Morgan fingerprint density at radius 3 is 2.28 bits per heavy atom. The summed E-state index contributed by atoms with van der Waals surface area (Å²) in [6.07, 6.45) is 1.86. The maximum Gasteiger partial charge on any atom is 0.335 e. The first-order valence-corrected chi connectivity index (χ1v) is 20.4. The molecule has 3 amide bonds. The molecule has 58 heavy (non-hydrogen) atoms. The second-order valence-corrected chi connectivity index (χ2v) is 16.3. The summed E-state index contributed by atoms with van der Waals surface area (Å²) in [7, 11) is 5.36. The van der Waals surface area contributed by atoms with Crippen LogP contribution in [-0.2, 0) is 26.6 Å². The smallest absolute Gasteiger partial charge is 0.335 e. The van der Waals surface area contributed by atoms with E-state index in [1.807, 2.05) is 68.6 Å². The average Bonchev–Trinajstić information content (AvgIpc) is 3.57. The highest BCUT2D eigenvalue weighted by Crippen LogP contribution is 2.43. The molecule has 306 valence electrons. The molecule has 2 aromatic carbocycles. The van der Waals surface area contributed by atoms with Gasteiger partial charge in [-0.2, -0.15) is 5.10 Å². The van der Waals surface area contributed by atoms with Crippen molar-refractivity contribution in [2.75, 3.05) is 58.3 Å². The number of aryl methyl sites for hydroxylation is 6. The minimum Gasteiger partial charge on any atom is -0.494 e. The molecule has 0 spiro atoms. The van der Waals surface area contributed by atoms with E-state index in [0.717, 1.165) is 60.9 Å². The highest BCUT2D eigenvalue weighted by molar-refractivity contribution is 6.35. The predicted octanol–water partition coefficient (Wildman–Crippen LogP) is 7.54. The molecule has 0 bridgehead atoms. The van der Waals surface area contributed by atoms with Crippen molar-refractivity contribution in [3.63, 3.8) is 0 Å². The van der Waals surface area contributed by atoms with Gasteiger partial charge in [0.2, 0.25) is 0 Å². The minimum absolute atomic E-state index is 0.0663. The van der Waals surface area contributed by atoms with Crippen LogP contribution in [0.3, 0.4) is 0 Å². The van der Waals surface area contributed by atoms with E-state index >= 15 is 4.79 Å². The molecule has 3 aromatic heterocycles. The van der Waals surface area contributed by atoms with E-state index in [4.69, 9.17) is 38.0 Å². The number of fused-ring (bicyclic) bond motifs is 3. The number of carboxylic acid groups (broad SMARTS) is 1. The van der Waals surface area contributed by atoms with Crippen LogP contribution in [0, 0.1) is 27.7 Å². The summed E-state index contributed by atoms with van der Waals surface area (Å²) in [4.78, 5) is 52.0. The minimum atomic E-state index is -1.08. The molecular formula is C43H50Cl2N8O5. The molecular weight excluding hydrogens is 779 g/mol. The van der Waals surface area contributed by atoms with Crippen LogP contribution in [0.5, 0.6) is 5.75 Å². The van der Waals surface area contributed by atoms with E-state index in [2.05, 4.69) is 4.57 Å². The van der Waals surface area contributed by atoms with Crippen LogP contribution in [0.15, 0.2) is 36.4 Å². The lowest BCUT2D eigenvalue weighted by Gasteiger charge is -2.36. The van der Waals surface area contributed by atoms with Crippen molar-refractivity contribution in [3.05, 3.63) is 91.5 Å². The number of hydrogen-bond acceptors (Lipinski definition) is 7. The molecule has 1 saturated heterocycles. The molecule has 7 rings (SSSR count). The van der Waals surface area contributed by atoms with E-state index in [9.17, 15) is 14.7 Å². The van der Waals surface area contributed by atoms with Crippen molar-refractivity contribution in [1.82, 2.24) is 34.0 Å². The molecule has 5 aromatic rings. The Hall–Kier alpha value is -5.27. The first-order valence-electron chi connectivity index (χ1n) is 19.6. The summed E-state index contributed by atoms with van der Waals surface area (Å²) in [6.45, 7) is 11.5. The first-order chi connectivity index (χ1) is 27.6. The van der Waals surface area contributed by atoms with E-state index < -0.39 is 5.97 Å². The predicted molar refractivity (Wildman–Crippen MR) is 227 cm³/mol. The third-order valence-corrected chi connectivity index (χ3v) is 12.2. The molecule has 5 heterocycles. The van der Waals surface area contributed by atoms with E-state index in [1.165, 1.54) is 0 Å². The Morgan fingerprint density at radius 2 is 1.64 bits per heavy atom. The number of carboxylic acids is 1. The highest BCUT2D eigenvalue weighted by atomic mass is 35.5. The fraction of sp³-hybridized carbons (Fsp3) is 0.419. The van der Waals surface area contributed by atoms with Gasteiger partial charge < -0.3 is 34.0 Å². The molecule has 0 saturated carbocycles. The van der Waals surface area contributed by atoms with Gasteiger partial charge in [-0.25, -0.2) is 14.6 Å². The molecule has 2 aliphatic rings. The second-order valence-electron chi connectivity index (χ2n) is 15.5. The summed E-state index contributed by atoms with van der Waals surface area (Å²) in [5.41, 5.74) is 8.49. The van der Waals surface area contributed by atoms with E-state index in [1.54, 1.807) is 40.9 Å². The van der Waals surface area contributed by atoms with Crippen LogP contribution in [0.2, 0.25) is 10.0 Å². The summed E-state index contributed by atoms with van der Waals surface area (Å²) >= 11 is 13.5. The van der Waals surface area contributed by atoms with Gasteiger partial charge in [0, 0.05) is 87.6 Å². The Bertz CT molecular complexity index is 2410. The number of amides is 3. The molecule has 0 unspecified atom stereocenters. The lowest BCUT2D eigenvalue weighted by atomic mass is 9.98. The largest absolute Gasteiger partial charge is 0.494 e. The van der Waals surface area contributed by atoms with Crippen LogP contribution in [0.4, 0.5) is 10.6 Å². The third kappa shape index (κ3) is 7.81. The van der Waals surface area contributed by atoms with E-state index in [0.29, 0.717) is 87.4 Å². The molecule has 1 fully saturated rings. The molecule has 0 atom stereocenters. The van der Waals surface area contributed by atoms with Gasteiger partial charge in [0.15, 0.2) is 0 Å². The van der Waals surface area contributed by atoms with Gasteiger partial charge in [-0.15, -0.1) is 0 Å². The lowest BCUT2D eigenvalue weighted by Crippen LogP contribution is -2.51. The van der Waals surface area contributed by atoms with Gasteiger partial charge in [-0.3, -0.25) is 9.48 Å². The zero-order valence-electron chi connectivity index (χ0n) is 34.2. The molecule has 15 heteroatoms. The summed E-state index contributed by atoms with van der Waals surface area (Å²) in [5.74, 6) is 0.0253. The van der Waals surface area contributed by atoms with Crippen molar-refractivity contribution in [2.24, 2.45) is 7.05 Å². The van der Waals surface area contributed by atoms with Crippen LogP contribution < -0.4 is 9.64 Å². The summed E-state index contributed by atoms with van der Waals surface area (Å²) < 4.78 is 10.2. The van der Waals surface area contributed by atoms with Crippen molar-refractivity contribution in [2.45, 2.75) is 60.0 Å². The number of halogens is 2. The number of nitrogens with zero attached hydrogens (tertiary/aromatic N) is 8.